The van der Waals surface area contributed by atoms with E-state index in [2.05, 4.69) is 15.9 Å². The Balaban J connectivity index is 2.35. The highest BCUT2D eigenvalue weighted by Crippen LogP contribution is 2.29. The van der Waals surface area contributed by atoms with E-state index in [9.17, 15) is 12.8 Å². The monoisotopic (exact) mass is 412 g/mol. The molecule has 0 fully saturated rings. The molecule has 0 radical (unpaired) electrons. The molecule has 0 unspecified atom stereocenters. The average molecular weight is 414 g/mol. The van der Waals surface area contributed by atoms with E-state index in [1.807, 2.05) is 0 Å². The number of nitrogen functional groups attached to an aromatic ring is 1. The van der Waals surface area contributed by atoms with Crippen molar-refractivity contribution >= 4 is 54.6 Å². The van der Waals surface area contributed by atoms with E-state index in [-0.39, 0.29) is 12.2 Å². The molecule has 2 rings (SSSR count). The smallest absolute Gasteiger partial charge is 0.246 e. The van der Waals surface area contributed by atoms with E-state index in [0.717, 1.165) is 21.3 Å². The first-order chi connectivity index (χ1) is 9.71. The molecule has 114 valence electrons. The molecule has 2 N–H and O–H groups in total. The number of nitrogens with zero attached hydrogens (tertiary/aromatic N) is 1. The molecule has 0 aliphatic heterocycles. The number of hydrogen-bond acceptors (Lipinski definition) is 4. The summed E-state index contributed by atoms with van der Waals surface area (Å²) in [6, 6.07) is 5.55. The summed E-state index contributed by atoms with van der Waals surface area (Å²) in [4.78, 5) is 0.310. The normalized spacial score (nSPS) is 12.0. The zero-order valence-corrected chi connectivity index (χ0v) is 14.8. The minimum absolute atomic E-state index is 0.106. The number of nitrogens with two attached hydrogens (primary N) is 1. The van der Waals surface area contributed by atoms with Crippen molar-refractivity contribution in [1.29, 1.82) is 0 Å². The number of sulfonamides is 1. The summed E-state index contributed by atoms with van der Waals surface area (Å²) >= 11 is 10.1. The lowest BCUT2D eigenvalue weighted by Gasteiger charge is -2.17. The van der Waals surface area contributed by atoms with Crippen molar-refractivity contribution in [2.24, 2.45) is 0 Å². The fourth-order valence-electron chi connectivity index (χ4n) is 1.65. The lowest BCUT2D eigenvalue weighted by atomic mass is 10.3. The summed E-state index contributed by atoms with van der Waals surface area (Å²) in [6.45, 7) is 0.106. The number of thiophene rings is 1. The number of hydrogen-bond donors (Lipinski definition) is 1. The van der Waals surface area contributed by atoms with Crippen molar-refractivity contribution in [3.8, 4) is 0 Å². The van der Waals surface area contributed by atoms with Gasteiger partial charge in [-0.25, -0.2) is 12.8 Å². The van der Waals surface area contributed by atoms with Crippen molar-refractivity contribution < 1.29 is 12.8 Å². The third-order valence-electron chi connectivity index (χ3n) is 2.75. The molecular formula is C12H11BrClFN2O2S2. The maximum Gasteiger partial charge on any atom is 0.246 e. The van der Waals surface area contributed by atoms with Gasteiger partial charge in [0.25, 0.3) is 0 Å². The van der Waals surface area contributed by atoms with Gasteiger partial charge in [0, 0.05) is 28.6 Å². The summed E-state index contributed by atoms with van der Waals surface area (Å²) in [5, 5.41) is 0. The fraction of sp³-hybridized carbons (Fsp3) is 0.167. The van der Waals surface area contributed by atoms with Crippen molar-refractivity contribution in [1.82, 2.24) is 4.31 Å². The molecule has 21 heavy (non-hydrogen) atoms. The first-order valence-electron chi connectivity index (χ1n) is 5.67. The Bertz CT molecular complexity index is 780. The van der Waals surface area contributed by atoms with Crippen LogP contribution >= 0.6 is 38.9 Å². The van der Waals surface area contributed by atoms with Crippen LogP contribution in [0.2, 0.25) is 4.34 Å². The summed E-state index contributed by atoms with van der Waals surface area (Å²) in [7, 11) is -2.60. The Morgan fingerprint density at radius 3 is 2.67 bits per heavy atom. The first-order valence-corrected chi connectivity index (χ1v) is 9.09. The molecule has 1 heterocycles. The lowest BCUT2D eigenvalue weighted by molar-refractivity contribution is 0.462. The Labute approximate surface area is 139 Å². The number of anilines is 1. The summed E-state index contributed by atoms with van der Waals surface area (Å²) in [5.74, 6) is -0.855. The minimum Gasteiger partial charge on any atom is -0.398 e. The number of benzene rings is 1. The molecule has 0 saturated carbocycles. The molecule has 0 spiro atoms. The van der Waals surface area contributed by atoms with Crippen LogP contribution in [0.1, 0.15) is 4.88 Å². The molecule has 0 atom stereocenters. The molecule has 1 aromatic heterocycles. The van der Waals surface area contributed by atoms with Gasteiger partial charge in [-0.15, -0.1) is 11.3 Å². The highest BCUT2D eigenvalue weighted by atomic mass is 79.9. The van der Waals surface area contributed by atoms with E-state index in [1.54, 1.807) is 12.1 Å². The second-order valence-corrected chi connectivity index (χ2v) is 8.94. The van der Waals surface area contributed by atoms with Crippen LogP contribution in [-0.2, 0) is 16.6 Å². The van der Waals surface area contributed by atoms with Crippen LogP contribution in [0.4, 0.5) is 10.1 Å². The predicted octanol–water partition coefficient (Wildman–Crippen LogP) is 3.71. The SMILES string of the molecule is CN(Cc1ccc(Cl)s1)S(=O)(=O)c1cc(N)c(Br)cc1F. The number of halogens is 3. The van der Waals surface area contributed by atoms with Crippen LogP contribution in [0.15, 0.2) is 33.6 Å². The lowest BCUT2D eigenvalue weighted by Crippen LogP contribution is -2.27. The van der Waals surface area contributed by atoms with Gasteiger partial charge in [0.2, 0.25) is 10.0 Å². The van der Waals surface area contributed by atoms with Gasteiger partial charge >= 0.3 is 0 Å². The Kier molecular flexibility index (Phi) is 4.94. The topological polar surface area (TPSA) is 63.4 Å². The predicted molar refractivity (Wildman–Crippen MR) is 86.5 cm³/mol. The van der Waals surface area contributed by atoms with Gasteiger partial charge in [0.1, 0.15) is 10.7 Å². The van der Waals surface area contributed by atoms with Crippen LogP contribution in [0.25, 0.3) is 0 Å². The molecule has 4 nitrogen and oxygen atoms in total. The van der Waals surface area contributed by atoms with Crippen molar-refractivity contribution in [2.75, 3.05) is 12.8 Å². The average Bonchev–Trinajstić information content (AvgIpc) is 2.79. The van der Waals surface area contributed by atoms with Crippen molar-refractivity contribution in [2.45, 2.75) is 11.4 Å². The largest absolute Gasteiger partial charge is 0.398 e. The van der Waals surface area contributed by atoms with E-state index in [4.69, 9.17) is 17.3 Å². The summed E-state index contributed by atoms with van der Waals surface area (Å²) in [6.07, 6.45) is 0. The first kappa shape index (κ1) is 16.7. The summed E-state index contributed by atoms with van der Waals surface area (Å²) < 4.78 is 40.7. The molecule has 9 heteroatoms. The van der Waals surface area contributed by atoms with E-state index in [1.165, 1.54) is 18.4 Å². The fourth-order valence-corrected chi connectivity index (χ4v) is 4.42. The second kappa shape index (κ2) is 6.21. The summed E-state index contributed by atoms with van der Waals surface area (Å²) in [5.41, 5.74) is 5.79. The number of rotatable bonds is 4. The quantitative estimate of drug-likeness (QED) is 0.777. The molecule has 0 saturated heterocycles. The van der Waals surface area contributed by atoms with E-state index in [0.29, 0.717) is 8.81 Å². The highest BCUT2D eigenvalue weighted by molar-refractivity contribution is 9.10. The minimum atomic E-state index is -3.98. The molecule has 1 aromatic carbocycles. The van der Waals surface area contributed by atoms with Crippen LogP contribution in [0.3, 0.4) is 0 Å². The Hall–Kier alpha value is -0.670. The van der Waals surface area contributed by atoms with Crippen LogP contribution in [-0.4, -0.2) is 19.8 Å². The Morgan fingerprint density at radius 1 is 1.43 bits per heavy atom. The molecule has 0 aliphatic rings. The van der Waals surface area contributed by atoms with E-state index >= 15 is 0 Å². The van der Waals surface area contributed by atoms with Crippen LogP contribution < -0.4 is 5.73 Å². The molecule has 0 bridgehead atoms. The van der Waals surface area contributed by atoms with Gasteiger partial charge in [-0.1, -0.05) is 11.6 Å². The van der Waals surface area contributed by atoms with Crippen LogP contribution in [0, 0.1) is 5.82 Å². The molecule has 2 aromatic rings. The van der Waals surface area contributed by atoms with Gasteiger partial charge in [-0.05, 0) is 40.2 Å². The second-order valence-electron chi connectivity index (χ2n) is 4.27. The van der Waals surface area contributed by atoms with Crippen molar-refractivity contribution in [3.05, 3.63) is 43.8 Å². The maximum absolute atomic E-state index is 13.9. The van der Waals surface area contributed by atoms with Gasteiger partial charge in [0.15, 0.2) is 0 Å². The molecule has 0 amide bonds. The molecule has 0 aliphatic carbocycles. The van der Waals surface area contributed by atoms with Gasteiger partial charge in [0.05, 0.1) is 4.34 Å². The van der Waals surface area contributed by atoms with Gasteiger partial charge in [-0.3, -0.25) is 0 Å². The zero-order valence-electron chi connectivity index (χ0n) is 10.8. The van der Waals surface area contributed by atoms with Gasteiger partial charge in [-0.2, -0.15) is 4.31 Å². The van der Waals surface area contributed by atoms with Gasteiger partial charge < -0.3 is 5.73 Å². The maximum atomic E-state index is 13.9. The van der Waals surface area contributed by atoms with Crippen LogP contribution in [0.5, 0.6) is 0 Å². The molecular weight excluding hydrogens is 403 g/mol. The Morgan fingerprint density at radius 2 is 2.10 bits per heavy atom. The zero-order chi connectivity index (χ0) is 15.8. The van der Waals surface area contributed by atoms with E-state index < -0.39 is 20.7 Å². The third-order valence-corrected chi connectivity index (χ3v) is 6.47. The third kappa shape index (κ3) is 3.57. The standard InChI is InChI=1S/C12H11BrClFN2O2S2/c1-17(6-7-2-3-12(14)20-7)21(18,19)11-5-10(16)8(13)4-9(11)15/h2-5H,6,16H2,1H3. The van der Waals surface area contributed by atoms with Crippen molar-refractivity contribution in [3.63, 3.8) is 0 Å². The highest BCUT2D eigenvalue weighted by Gasteiger charge is 2.26.